The Morgan fingerprint density at radius 2 is 1.92 bits per heavy atom. The predicted molar refractivity (Wildman–Crippen MR) is 99.4 cm³/mol. The molecule has 1 aromatic rings. The average molecular weight is 366 g/mol. The van der Waals surface area contributed by atoms with E-state index in [1.54, 1.807) is 0 Å². The number of amides is 2. The summed E-state index contributed by atoms with van der Waals surface area (Å²) in [6, 6.07) is 7.14. The van der Waals surface area contributed by atoms with Crippen molar-refractivity contribution in [2.24, 2.45) is 5.92 Å². The molecule has 25 heavy (non-hydrogen) atoms. The van der Waals surface area contributed by atoms with Gasteiger partial charge in [0, 0.05) is 5.75 Å². The SMILES string of the molecule is Cc1cccc(CSCC(=O)NCC(=O)N[C@@H](CC(C)C)C(=O)O)c1. The molecule has 3 N–H and O–H groups in total. The fraction of sp³-hybridized carbons (Fsp3) is 0.500. The lowest BCUT2D eigenvalue weighted by Crippen LogP contribution is -2.46. The zero-order chi connectivity index (χ0) is 18.8. The highest BCUT2D eigenvalue weighted by atomic mass is 32.2. The van der Waals surface area contributed by atoms with Crippen LogP contribution in [0.5, 0.6) is 0 Å². The van der Waals surface area contributed by atoms with E-state index >= 15 is 0 Å². The van der Waals surface area contributed by atoms with Gasteiger partial charge in [0.1, 0.15) is 6.04 Å². The van der Waals surface area contributed by atoms with Gasteiger partial charge in [-0.1, -0.05) is 43.7 Å². The molecule has 1 aromatic carbocycles. The van der Waals surface area contributed by atoms with Gasteiger partial charge in [0.2, 0.25) is 11.8 Å². The van der Waals surface area contributed by atoms with Gasteiger partial charge in [-0.3, -0.25) is 9.59 Å². The first-order chi connectivity index (χ1) is 11.8. The van der Waals surface area contributed by atoms with Gasteiger partial charge in [0.25, 0.3) is 0 Å². The fourth-order valence-corrected chi connectivity index (χ4v) is 3.04. The Morgan fingerprint density at radius 1 is 1.20 bits per heavy atom. The molecule has 0 saturated heterocycles. The molecule has 0 fully saturated rings. The minimum absolute atomic E-state index is 0.147. The zero-order valence-electron chi connectivity index (χ0n) is 14.9. The highest BCUT2D eigenvalue weighted by molar-refractivity contribution is 7.99. The van der Waals surface area contributed by atoms with E-state index in [0.29, 0.717) is 6.42 Å². The highest BCUT2D eigenvalue weighted by Gasteiger charge is 2.21. The quantitative estimate of drug-likeness (QED) is 0.588. The Morgan fingerprint density at radius 3 is 2.52 bits per heavy atom. The fourth-order valence-electron chi connectivity index (χ4n) is 2.23. The number of aryl methyl sites for hydroxylation is 1. The van der Waals surface area contributed by atoms with Crippen molar-refractivity contribution in [3.05, 3.63) is 35.4 Å². The monoisotopic (exact) mass is 366 g/mol. The number of hydrogen-bond donors (Lipinski definition) is 3. The molecule has 0 aliphatic heterocycles. The van der Waals surface area contributed by atoms with Crippen LogP contribution in [0.15, 0.2) is 24.3 Å². The number of aliphatic carboxylic acids is 1. The van der Waals surface area contributed by atoms with E-state index in [1.807, 2.05) is 39.0 Å². The number of rotatable bonds is 10. The van der Waals surface area contributed by atoms with E-state index in [2.05, 4.69) is 16.7 Å². The van der Waals surface area contributed by atoms with E-state index in [-0.39, 0.29) is 24.1 Å². The summed E-state index contributed by atoms with van der Waals surface area (Å²) in [5, 5.41) is 14.0. The molecule has 0 unspecified atom stereocenters. The number of carboxylic acid groups (broad SMARTS) is 1. The lowest BCUT2D eigenvalue weighted by molar-refractivity contribution is -0.142. The van der Waals surface area contributed by atoms with Crippen molar-refractivity contribution in [3.8, 4) is 0 Å². The average Bonchev–Trinajstić information content (AvgIpc) is 2.52. The number of carbonyl (C=O) groups is 3. The number of benzene rings is 1. The van der Waals surface area contributed by atoms with Crippen LogP contribution in [0.2, 0.25) is 0 Å². The van der Waals surface area contributed by atoms with Gasteiger partial charge in [-0.05, 0) is 24.8 Å². The van der Waals surface area contributed by atoms with Crippen molar-refractivity contribution in [3.63, 3.8) is 0 Å². The normalized spacial score (nSPS) is 11.8. The topological polar surface area (TPSA) is 95.5 Å². The maximum atomic E-state index is 11.8. The summed E-state index contributed by atoms with van der Waals surface area (Å²) in [6.07, 6.45) is 0.349. The van der Waals surface area contributed by atoms with E-state index < -0.39 is 17.9 Å². The molecule has 0 aliphatic carbocycles. The van der Waals surface area contributed by atoms with Crippen LogP contribution in [0.1, 0.15) is 31.4 Å². The van der Waals surface area contributed by atoms with Gasteiger partial charge in [0.05, 0.1) is 12.3 Å². The Hall–Kier alpha value is -2.02. The Labute approximate surface area is 152 Å². The van der Waals surface area contributed by atoms with Crippen LogP contribution in [0.25, 0.3) is 0 Å². The summed E-state index contributed by atoms with van der Waals surface area (Å²) in [5.41, 5.74) is 2.32. The first-order valence-corrected chi connectivity index (χ1v) is 9.35. The Bertz CT molecular complexity index is 604. The smallest absolute Gasteiger partial charge is 0.326 e. The summed E-state index contributed by atoms with van der Waals surface area (Å²) in [5.74, 6) is -0.698. The van der Waals surface area contributed by atoms with Gasteiger partial charge < -0.3 is 15.7 Å². The number of nitrogens with one attached hydrogen (secondary N) is 2. The van der Waals surface area contributed by atoms with Crippen LogP contribution < -0.4 is 10.6 Å². The van der Waals surface area contributed by atoms with Crippen molar-refractivity contribution in [1.29, 1.82) is 0 Å². The van der Waals surface area contributed by atoms with Gasteiger partial charge in [-0.2, -0.15) is 0 Å². The molecule has 0 bridgehead atoms. The molecule has 0 aromatic heterocycles. The second-order valence-corrected chi connectivity index (χ2v) is 7.33. The second kappa shape index (κ2) is 10.8. The van der Waals surface area contributed by atoms with E-state index in [1.165, 1.54) is 17.3 Å². The van der Waals surface area contributed by atoms with Crippen LogP contribution in [0.4, 0.5) is 0 Å². The first kappa shape index (κ1) is 21.0. The maximum Gasteiger partial charge on any atom is 0.326 e. The van der Waals surface area contributed by atoms with Gasteiger partial charge in [-0.15, -0.1) is 11.8 Å². The molecular formula is C18H26N2O4S. The maximum absolute atomic E-state index is 11.8. The van der Waals surface area contributed by atoms with Crippen LogP contribution in [0.3, 0.4) is 0 Å². The second-order valence-electron chi connectivity index (χ2n) is 6.35. The van der Waals surface area contributed by atoms with Crippen molar-refractivity contribution in [2.45, 2.75) is 39.0 Å². The van der Waals surface area contributed by atoms with E-state index in [0.717, 1.165) is 11.3 Å². The molecule has 1 rings (SSSR count). The molecule has 138 valence electrons. The standard InChI is InChI=1S/C18H26N2O4S/c1-12(2)7-15(18(23)24)20-16(21)9-19-17(22)11-25-10-14-6-4-5-13(3)8-14/h4-6,8,12,15H,7,9-11H2,1-3H3,(H,19,22)(H,20,21)(H,23,24)/t15-/m0/s1. The summed E-state index contributed by atoms with van der Waals surface area (Å²) < 4.78 is 0. The first-order valence-electron chi connectivity index (χ1n) is 8.20. The third-order valence-electron chi connectivity index (χ3n) is 3.37. The molecule has 1 atom stereocenters. The van der Waals surface area contributed by atoms with Gasteiger partial charge in [-0.25, -0.2) is 4.79 Å². The zero-order valence-corrected chi connectivity index (χ0v) is 15.7. The molecular weight excluding hydrogens is 340 g/mol. The molecule has 7 heteroatoms. The van der Waals surface area contributed by atoms with E-state index in [9.17, 15) is 14.4 Å². The number of thioether (sulfide) groups is 1. The third-order valence-corrected chi connectivity index (χ3v) is 4.37. The minimum Gasteiger partial charge on any atom is -0.480 e. The Balaban J connectivity index is 2.28. The summed E-state index contributed by atoms with van der Waals surface area (Å²) in [7, 11) is 0. The largest absolute Gasteiger partial charge is 0.480 e. The third kappa shape index (κ3) is 9.14. The summed E-state index contributed by atoms with van der Waals surface area (Å²) in [6.45, 7) is 5.57. The predicted octanol–water partition coefficient (Wildman–Crippen LogP) is 1.96. The molecule has 2 amide bonds. The molecule has 0 saturated carbocycles. The van der Waals surface area contributed by atoms with Crippen molar-refractivity contribution >= 4 is 29.5 Å². The summed E-state index contributed by atoms with van der Waals surface area (Å²) in [4.78, 5) is 34.7. The molecule has 0 heterocycles. The molecule has 0 radical (unpaired) electrons. The summed E-state index contributed by atoms with van der Waals surface area (Å²) >= 11 is 1.46. The van der Waals surface area contributed by atoms with Gasteiger partial charge >= 0.3 is 5.97 Å². The van der Waals surface area contributed by atoms with Crippen LogP contribution in [0, 0.1) is 12.8 Å². The van der Waals surface area contributed by atoms with Crippen LogP contribution in [-0.2, 0) is 20.1 Å². The molecule has 0 aliphatic rings. The van der Waals surface area contributed by atoms with Gasteiger partial charge in [0.15, 0.2) is 0 Å². The molecule has 6 nitrogen and oxygen atoms in total. The van der Waals surface area contributed by atoms with Crippen LogP contribution in [-0.4, -0.2) is 41.2 Å². The van der Waals surface area contributed by atoms with Crippen molar-refractivity contribution in [1.82, 2.24) is 10.6 Å². The number of carboxylic acids is 1. The van der Waals surface area contributed by atoms with Crippen molar-refractivity contribution < 1.29 is 19.5 Å². The highest BCUT2D eigenvalue weighted by Crippen LogP contribution is 2.13. The number of carbonyl (C=O) groups excluding carboxylic acids is 2. The Kier molecular flexibility index (Phi) is 9.05. The van der Waals surface area contributed by atoms with Crippen LogP contribution >= 0.6 is 11.8 Å². The van der Waals surface area contributed by atoms with E-state index in [4.69, 9.17) is 5.11 Å². The lowest BCUT2D eigenvalue weighted by Gasteiger charge is -2.16. The minimum atomic E-state index is -1.07. The number of hydrogen-bond acceptors (Lipinski definition) is 4. The van der Waals surface area contributed by atoms with Crippen molar-refractivity contribution in [2.75, 3.05) is 12.3 Å². The lowest BCUT2D eigenvalue weighted by atomic mass is 10.0. The molecule has 0 spiro atoms.